The highest BCUT2D eigenvalue weighted by atomic mass is 32.2. The number of hydrogen-bond acceptors (Lipinski definition) is 6. The third-order valence-electron chi connectivity index (χ3n) is 4.27. The molecule has 0 aromatic heterocycles. The molecule has 0 aliphatic rings. The van der Waals surface area contributed by atoms with Gasteiger partial charge in [0.15, 0.2) is 6.61 Å². The van der Waals surface area contributed by atoms with E-state index >= 15 is 0 Å². The Morgan fingerprint density at radius 3 is 2.16 bits per heavy atom. The second kappa shape index (κ2) is 11.2. The number of hydrogen-bond donors (Lipinski definition) is 1. The number of rotatable bonds is 9. The Morgan fingerprint density at radius 1 is 0.968 bits per heavy atom. The van der Waals surface area contributed by atoms with Crippen LogP contribution in [0.2, 0.25) is 0 Å². The quantitative estimate of drug-likeness (QED) is 0.469. The predicted molar refractivity (Wildman–Crippen MR) is 115 cm³/mol. The normalized spacial score (nSPS) is 11.5. The SMILES string of the molecule is CCN(CC)S(=O)(=O)c1ccc(/C=C/C(=O)OCC(=O)NC(=O)c2ccccc2)cc1. The summed E-state index contributed by atoms with van der Waals surface area (Å²) < 4.78 is 31.1. The van der Waals surface area contributed by atoms with Crippen LogP contribution in [0.1, 0.15) is 29.8 Å². The molecule has 8 nitrogen and oxygen atoms in total. The molecule has 1 N–H and O–H groups in total. The minimum atomic E-state index is -3.55. The standard InChI is InChI=1S/C22H24N2O6S/c1-3-24(4-2)31(28,29)19-13-10-17(11-14-19)12-15-21(26)30-16-20(25)23-22(27)18-8-6-5-7-9-18/h5-15H,3-4,16H2,1-2H3,(H,23,25,27)/b15-12+. The molecular formula is C22H24N2O6S. The van der Waals surface area contributed by atoms with E-state index in [1.807, 2.05) is 0 Å². The first kappa shape index (κ1) is 24.0. The highest BCUT2D eigenvalue weighted by molar-refractivity contribution is 7.89. The molecule has 31 heavy (non-hydrogen) atoms. The zero-order valence-electron chi connectivity index (χ0n) is 17.3. The second-order valence-corrected chi connectivity index (χ2v) is 8.28. The molecule has 0 heterocycles. The van der Waals surface area contributed by atoms with Gasteiger partial charge in [0.25, 0.3) is 11.8 Å². The van der Waals surface area contributed by atoms with Crippen LogP contribution < -0.4 is 5.32 Å². The van der Waals surface area contributed by atoms with E-state index in [2.05, 4.69) is 5.32 Å². The van der Waals surface area contributed by atoms with Gasteiger partial charge in [-0.25, -0.2) is 13.2 Å². The highest BCUT2D eigenvalue weighted by Gasteiger charge is 2.21. The first-order chi connectivity index (χ1) is 14.8. The number of ether oxygens (including phenoxy) is 1. The van der Waals surface area contributed by atoms with E-state index in [4.69, 9.17) is 4.74 Å². The third kappa shape index (κ3) is 6.87. The molecule has 2 aromatic rings. The number of esters is 1. The lowest BCUT2D eigenvalue weighted by atomic mass is 10.2. The Kier molecular flexibility index (Phi) is 8.65. The fraction of sp³-hybridized carbons (Fsp3) is 0.227. The molecule has 2 aromatic carbocycles. The van der Waals surface area contributed by atoms with Gasteiger partial charge in [0.1, 0.15) is 0 Å². The van der Waals surface area contributed by atoms with Crippen LogP contribution in [0.3, 0.4) is 0 Å². The van der Waals surface area contributed by atoms with Crippen molar-refractivity contribution in [3.63, 3.8) is 0 Å². The first-order valence-corrected chi connectivity index (χ1v) is 11.1. The van der Waals surface area contributed by atoms with Crippen molar-refractivity contribution in [1.29, 1.82) is 0 Å². The van der Waals surface area contributed by atoms with Crippen LogP contribution in [-0.2, 0) is 24.3 Å². The van der Waals surface area contributed by atoms with Gasteiger partial charge >= 0.3 is 5.97 Å². The summed E-state index contributed by atoms with van der Waals surface area (Å²) in [4.78, 5) is 35.6. The van der Waals surface area contributed by atoms with Crippen LogP contribution in [0.15, 0.2) is 65.6 Å². The van der Waals surface area contributed by atoms with E-state index in [1.165, 1.54) is 22.5 Å². The van der Waals surface area contributed by atoms with Crippen molar-refractivity contribution in [2.24, 2.45) is 0 Å². The summed E-state index contributed by atoms with van der Waals surface area (Å²) >= 11 is 0. The molecule has 0 atom stereocenters. The van der Waals surface area contributed by atoms with E-state index < -0.39 is 34.4 Å². The van der Waals surface area contributed by atoms with Gasteiger partial charge < -0.3 is 4.74 Å². The Labute approximate surface area is 181 Å². The summed E-state index contributed by atoms with van der Waals surface area (Å²) in [5.41, 5.74) is 0.896. The summed E-state index contributed by atoms with van der Waals surface area (Å²) in [7, 11) is -3.55. The number of sulfonamides is 1. The van der Waals surface area contributed by atoms with Crippen molar-refractivity contribution in [1.82, 2.24) is 9.62 Å². The van der Waals surface area contributed by atoms with Gasteiger partial charge in [0.05, 0.1) is 4.90 Å². The Balaban J connectivity index is 1.87. The first-order valence-electron chi connectivity index (χ1n) is 9.62. The number of benzene rings is 2. The van der Waals surface area contributed by atoms with E-state index in [0.29, 0.717) is 24.2 Å². The molecule has 0 fully saturated rings. The number of imide groups is 1. The van der Waals surface area contributed by atoms with Crippen molar-refractivity contribution in [2.45, 2.75) is 18.7 Å². The minimum absolute atomic E-state index is 0.163. The largest absolute Gasteiger partial charge is 0.452 e. The fourth-order valence-electron chi connectivity index (χ4n) is 2.64. The summed E-state index contributed by atoms with van der Waals surface area (Å²) in [6.07, 6.45) is 2.55. The molecule has 0 saturated heterocycles. The lowest BCUT2D eigenvalue weighted by Gasteiger charge is -2.18. The van der Waals surface area contributed by atoms with Crippen LogP contribution in [0.25, 0.3) is 6.08 Å². The number of amides is 2. The molecule has 0 spiro atoms. The molecule has 0 bridgehead atoms. The Hall–Kier alpha value is -3.30. The Morgan fingerprint density at radius 2 is 1.58 bits per heavy atom. The molecule has 164 valence electrons. The smallest absolute Gasteiger partial charge is 0.331 e. The summed E-state index contributed by atoms with van der Waals surface area (Å²) in [6, 6.07) is 14.2. The molecule has 0 aliphatic carbocycles. The van der Waals surface area contributed by atoms with Gasteiger partial charge in [-0.15, -0.1) is 0 Å². The second-order valence-electron chi connectivity index (χ2n) is 6.34. The highest BCUT2D eigenvalue weighted by Crippen LogP contribution is 2.16. The van der Waals surface area contributed by atoms with Gasteiger partial charge in [0.2, 0.25) is 10.0 Å². The number of nitrogens with zero attached hydrogens (tertiary/aromatic N) is 1. The lowest BCUT2D eigenvalue weighted by Crippen LogP contribution is -2.33. The van der Waals surface area contributed by atoms with Crippen LogP contribution in [0.4, 0.5) is 0 Å². The van der Waals surface area contributed by atoms with Crippen LogP contribution in [-0.4, -0.2) is 50.2 Å². The van der Waals surface area contributed by atoms with E-state index in [9.17, 15) is 22.8 Å². The maximum Gasteiger partial charge on any atom is 0.331 e. The molecule has 0 aliphatic heterocycles. The van der Waals surface area contributed by atoms with E-state index in [-0.39, 0.29) is 4.90 Å². The van der Waals surface area contributed by atoms with E-state index in [1.54, 1.807) is 56.3 Å². The molecule has 2 amide bonds. The minimum Gasteiger partial charge on any atom is -0.452 e. The molecule has 9 heteroatoms. The van der Waals surface area contributed by atoms with Gasteiger partial charge in [-0.1, -0.05) is 44.2 Å². The van der Waals surface area contributed by atoms with Gasteiger partial charge in [-0.2, -0.15) is 4.31 Å². The number of carbonyl (C=O) groups is 3. The van der Waals surface area contributed by atoms with Crippen LogP contribution >= 0.6 is 0 Å². The topological polar surface area (TPSA) is 110 Å². The zero-order chi connectivity index (χ0) is 22.9. The monoisotopic (exact) mass is 444 g/mol. The number of nitrogens with one attached hydrogen (secondary N) is 1. The molecular weight excluding hydrogens is 420 g/mol. The maximum atomic E-state index is 12.5. The molecule has 2 rings (SSSR count). The van der Waals surface area contributed by atoms with Crippen molar-refractivity contribution >= 4 is 33.9 Å². The summed E-state index contributed by atoms with van der Waals surface area (Å²) in [5.74, 6) is -2.11. The van der Waals surface area contributed by atoms with Crippen LogP contribution in [0.5, 0.6) is 0 Å². The van der Waals surface area contributed by atoms with Crippen LogP contribution in [0, 0.1) is 0 Å². The average Bonchev–Trinajstić information content (AvgIpc) is 2.77. The zero-order valence-corrected chi connectivity index (χ0v) is 18.1. The molecule has 0 saturated carbocycles. The average molecular weight is 445 g/mol. The maximum absolute atomic E-state index is 12.5. The fourth-order valence-corrected chi connectivity index (χ4v) is 4.09. The Bertz CT molecular complexity index is 1040. The summed E-state index contributed by atoms with van der Waals surface area (Å²) in [5, 5.41) is 2.12. The van der Waals surface area contributed by atoms with E-state index in [0.717, 1.165) is 6.08 Å². The van der Waals surface area contributed by atoms with Crippen molar-refractivity contribution in [3.05, 3.63) is 71.8 Å². The molecule has 0 unspecified atom stereocenters. The number of carbonyl (C=O) groups excluding carboxylic acids is 3. The van der Waals surface area contributed by atoms with Crippen molar-refractivity contribution < 1.29 is 27.5 Å². The molecule has 0 radical (unpaired) electrons. The van der Waals surface area contributed by atoms with Gasteiger partial charge in [-0.05, 0) is 35.9 Å². The summed E-state index contributed by atoms with van der Waals surface area (Å²) in [6.45, 7) is 3.67. The van der Waals surface area contributed by atoms with Gasteiger partial charge in [-0.3, -0.25) is 14.9 Å². The van der Waals surface area contributed by atoms with Crippen molar-refractivity contribution in [3.8, 4) is 0 Å². The third-order valence-corrected chi connectivity index (χ3v) is 6.33. The lowest BCUT2D eigenvalue weighted by molar-refractivity contribution is -0.143. The van der Waals surface area contributed by atoms with Gasteiger partial charge in [0, 0.05) is 24.7 Å². The predicted octanol–water partition coefficient (Wildman–Crippen LogP) is 2.23. The van der Waals surface area contributed by atoms with Crippen molar-refractivity contribution in [2.75, 3.05) is 19.7 Å².